The topological polar surface area (TPSA) is 58.3 Å². The first-order chi connectivity index (χ1) is 6.23. The predicted molar refractivity (Wildman–Crippen MR) is 54.5 cm³/mol. The number of hydrogen-bond donors (Lipinski definition) is 3. The summed E-state index contributed by atoms with van der Waals surface area (Å²) < 4.78 is 0. The minimum absolute atomic E-state index is 0.269. The zero-order valence-electron chi connectivity index (χ0n) is 8.55. The van der Waals surface area contributed by atoms with E-state index in [1.807, 2.05) is 0 Å². The van der Waals surface area contributed by atoms with Crippen molar-refractivity contribution in [3.05, 3.63) is 0 Å². The lowest BCUT2D eigenvalue weighted by molar-refractivity contribution is -0.0376. The summed E-state index contributed by atoms with van der Waals surface area (Å²) in [6.45, 7) is 4.49. The maximum absolute atomic E-state index is 10.3. The fraction of sp³-hybridized carbons (Fsp3) is 1.00. The van der Waals surface area contributed by atoms with E-state index in [1.165, 1.54) is 0 Å². The van der Waals surface area contributed by atoms with Gasteiger partial charge in [-0.25, -0.2) is 0 Å². The van der Waals surface area contributed by atoms with E-state index < -0.39 is 5.60 Å². The van der Waals surface area contributed by atoms with Gasteiger partial charge in [-0.05, 0) is 32.4 Å². The van der Waals surface area contributed by atoms with Crippen LogP contribution in [-0.2, 0) is 0 Å². The van der Waals surface area contributed by atoms with Gasteiger partial charge >= 0.3 is 0 Å². The lowest BCUT2D eigenvalue weighted by Crippen LogP contribution is -2.52. The van der Waals surface area contributed by atoms with Crippen LogP contribution in [0.25, 0.3) is 0 Å². The number of piperidine rings is 1. The van der Waals surface area contributed by atoms with Crippen LogP contribution >= 0.6 is 0 Å². The Morgan fingerprint density at radius 2 is 2.38 bits per heavy atom. The molecular formula is C10H22N2O. The molecule has 1 fully saturated rings. The highest BCUT2D eigenvalue weighted by atomic mass is 16.3. The Hall–Kier alpha value is -0.120. The molecule has 0 saturated carbocycles. The van der Waals surface area contributed by atoms with E-state index in [0.717, 1.165) is 38.8 Å². The second-order valence-corrected chi connectivity index (χ2v) is 4.11. The summed E-state index contributed by atoms with van der Waals surface area (Å²) >= 11 is 0. The van der Waals surface area contributed by atoms with Gasteiger partial charge in [0.1, 0.15) is 0 Å². The first-order valence-electron chi connectivity index (χ1n) is 5.36. The molecule has 2 atom stereocenters. The Morgan fingerprint density at radius 1 is 1.62 bits per heavy atom. The van der Waals surface area contributed by atoms with Gasteiger partial charge < -0.3 is 16.2 Å². The van der Waals surface area contributed by atoms with Gasteiger partial charge in [0, 0.05) is 12.5 Å². The molecule has 0 bridgehead atoms. The molecule has 3 nitrogen and oxygen atoms in total. The predicted octanol–water partition coefficient (Wildman–Crippen LogP) is 0.476. The smallest absolute Gasteiger partial charge is 0.0812 e. The third-order valence-electron chi connectivity index (χ3n) is 3.08. The van der Waals surface area contributed by atoms with Crippen LogP contribution in [0.3, 0.4) is 0 Å². The number of nitrogens with two attached hydrogens (primary N) is 1. The van der Waals surface area contributed by atoms with Crippen LogP contribution in [0.1, 0.15) is 32.6 Å². The SMILES string of the molecule is CCCC(CN)C1(O)CCCNC1. The molecule has 78 valence electrons. The zero-order valence-corrected chi connectivity index (χ0v) is 8.55. The Kier molecular flexibility index (Phi) is 4.16. The molecule has 1 aliphatic rings. The lowest BCUT2D eigenvalue weighted by atomic mass is 9.79. The molecule has 0 aliphatic carbocycles. The quantitative estimate of drug-likeness (QED) is 0.598. The molecule has 13 heavy (non-hydrogen) atoms. The van der Waals surface area contributed by atoms with Gasteiger partial charge in [0.15, 0.2) is 0 Å². The van der Waals surface area contributed by atoms with E-state index in [1.54, 1.807) is 0 Å². The molecular weight excluding hydrogens is 164 g/mol. The molecule has 0 aromatic heterocycles. The molecule has 1 aliphatic heterocycles. The number of hydrogen-bond acceptors (Lipinski definition) is 3. The lowest BCUT2D eigenvalue weighted by Gasteiger charge is -2.39. The average molecular weight is 186 g/mol. The van der Waals surface area contributed by atoms with Gasteiger partial charge in [-0.2, -0.15) is 0 Å². The molecule has 0 aromatic rings. The summed E-state index contributed by atoms with van der Waals surface area (Å²) in [6.07, 6.45) is 4.11. The van der Waals surface area contributed by atoms with E-state index in [9.17, 15) is 5.11 Å². The third kappa shape index (κ3) is 2.66. The summed E-state index contributed by atoms with van der Waals surface area (Å²) in [5, 5.41) is 13.6. The van der Waals surface area contributed by atoms with Crippen molar-refractivity contribution in [2.24, 2.45) is 11.7 Å². The Morgan fingerprint density at radius 3 is 2.85 bits per heavy atom. The minimum Gasteiger partial charge on any atom is -0.388 e. The van der Waals surface area contributed by atoms with Crippen LogP contribution in [0, 0.1) is 5.92 Å². The maximum atomic E-state index is 10.3. The summed E-state index contributed by atoms with van der Waals surface area (Å²) in [4.78, 5) is 0. The maximum Gasteiger partial charge on any atom is 0.0812 e. The Balaban J connectivity index is 2.52. The summed E-state index contributed by atoms with van der Waals surface area (Å²) in [6, 6.07) is 0. The van der Waals surface area contributed by atoms with Crippen LogP contribution in [0.2, 0.25) is 0 Å². The highest BCUT2D eigenvalue weighted by molar-refractivity contribution is 4.91. The molecule has 2 unspecified atom stereocenters. The monoisotopic (exact) mass is 186 g/mol. The fourth-order valence-corrected chi connectivity index (χ4v) is 2.22. The standard InChI is InChI=1S/C10H22N2O/c1-2-4-9(7-11)10(13)5-3-6-12-8-10/h9,12-13H,2-8,11H2,1H3. The first-order valence-corrected chi connectivity index (χ1v) is 5.36. The average Bonchev–Trinajstić information content (AvgIpc) is 2.15. The van der Waals surface area contributed by atoms with Crippen LogP contribution in [0.15, 0.2) is 0 Å². The number of nitrogens with one attached hydrogen (secondary N) is 1. The van der Waals surface area contributed by atoms with Crippen molar-refractivity contribution in [2.45, 2.75) is 38.2 Å². The van der Waals surface area contributed by atoms with Crippen molar-refractivity contribution in [3.63, 3.8) is 0 Å². The van der Waals surface area contributed by atoms with Gasteiger partial charge in [0.25, 0.3) is 0 Å². The molecule has 1 saturated heterocycles. The van der Waals surface area contributed by atoms with Gasteiger partial charge in [-0.1, -0.05) is 13.3 Å². The van der Waals surface area contributed by atoms with E-state index in [-0.39, 0.29) is 5.92 Å². The summed E-state index contributed by atoms with van der Waals surface area (Å²) in [5.74, 6) is 0.269. The first kappa shape index (κ1) is 11.0. The highest BCUT2D eigenvalue weighted by Gasteiger charge is 2.36. The van der Waals surface area contributed by atoms with Crippen LogP contribution in [0.4, 0.5) is 0 Å². The molecule has 1 rings (SSSR count). The van der Waals surface area contributed by atoms with Crippen molar-refractivity contribution >= 4 is 0 Å². The van der Waals surface area contributed by atoms with E-state index in [2.05, 4.69) is 12.2 Å². The number of β-amino-alcohol motifs (C(OH)–C–C–N with tert-alkyl or cyclic N) is 1. The van der Waals surface area contributed by atoms with Gasteiger partial charge in [0.2, 0.25) is 0 Å². The Bertz CT molecular complexity index is 144. The van der Waals surface area contributed by atoms with Crippen molar-refractivity contribution in [3.8, 4) is 0 Å². The van der Waals surface area contributed by atoms with Crippen LogP contribution < -0.4 is 11.1 Å². The summed E-state index contributed by atoms with van der Waals surface area (Å²) in [5.41, 5.74) is 5.15. The Labute approximate surface area is 80.7 Å². The molecule has 3 heteroatoms. The van der Waals surface area contributed by atoms with Gasteiger partial charge in [-0.15, -0.1) is 0 Å². The van der Waals surface area contributed by atoms with E-state index in [0.29, 0.717) is 6.54 Å². The molecule has 1 heterocycles. The summed E-state index contributed by atoms with van der Waals surface area (Å²) in [7, 11) is 0. The molecule has 4 N–H and O–H groups in total. The fourth-order valence-electron chi connectivity index (χ4n) is 2.22. The van der Waals surface area contributed by atoms with Crippen molar-refractivity contribution in [1.82, 2.24) is 5.32 Å². The third-order valence-corrected chi connectivity index (χ3v) is 3.08. The largest absolute Gasteiger partial charge is 0.388 e. The van der Waals surface area contributed by atoms with Gasteiger partial charge in [-0.3, -0.25) is 0 Å². The van der Waals surface area contributed by atoms with Crippen LogP contribution in [-0.4, -0.2) is 30.3 Å². The number of aliphatic hydroxyl groups is 1. The van der Waals surface area contributed by atoms with Crippen molar-refractivity contribution in [2.75, 3.05) is 19.6 Å². The normalized spacial score (nSPS) is 31.6. The second-order valence-electron chi connectivity index (χ2n) is 4.11. The molecule has 0 spiro atoms. The van der Waals surface area contributed by atoms with E-state index in [4.69, 9.17) is 5.73 Å². The van der Waals surface area contributed by atoms with Crippen molar-refractivity contribution < 1.29 is 5.11 Å². The molecule has 0 aromatic carbocycles. The minimum atomic E-state index is -0.539. The van der Waals surface area contributed by atoms with Crippen LogP contribution in [0.5, 0.6) is 0 Å². The number of rotatable bonds is 4. The van der Waals surface area contributed by atoms with E-state index >= 15 is 0 Å². The van der Waals surface area contributed by atoms with Gasteiger partial charge in [0.05, 0.1) is 5.60 Å². The zero-order chi connectivity index (χ0) is 9.73. The van der Waals surface area contributed by atoms with Crippen molar-refractivity contribution in [1.29, 1.82) is 0 Å². The molecule has 0 radical (unpaired) electrons. The highest BCUT2D eigenvalue weighted by Crippen LogP contribution is 2.27. The molecule has 0 amide bonds. The second kappa shape index (κ2) is 4.94.